The van der Waals surface area contributed by atoms with Gasteiger partial charge in [-0.05, 0) is 56.5 Å². The van der Waals surface area contributed by atoms with E-state index >= 15 is 0 Å². The minimum Gasteiger partial charge on any atom is -0.465 e. The average Bonchev–Trinajstić information content (AvgIpc) is 3.39. The molecule has 0 amide bonds. The van der Waals surface area contributed by atoms with E-state index in [9.17, 15) is 14.4 Å². The lowest BCUT2D eigenvalue weighted by Crippen LogP contribution is -2.18. The maximum atomic E-state index is 12.6. The zero-order valence-electron chi connectivity index (χ0n) is 18.1. The molecule has 1 aromatic heterocycles. The molecule has 7 nitrogen and oxygen atoms in total. The van der Waals surface area contributed by atoms with Gasteiger partial charge < -0.3 is 18.8 Å². The lowest BCUT2D eigenvalue weighted by Gasteiger charge is -2.14. The van der Waals surface area contributed by atoms with Crippen LogP contribution in [0.25, 0.3) is 6.08 Å². The van der Waals surface area contributed by atoms with Gasteiger partial charge >= 0.3 is 11.9 Å². The Morgan fingerprint density at radius 2 is 1.94 bits per heavy atom. The average molecular weight is 425 g/mol. The Hall–Kier alpha value is -3.19. The second-order valence-electron chi connectivity index (χ2n) is 7.51. The molecular weight excluding hydrogens is 398 g/mol. The van der Waals surface area contributed by atoms with Crippen LogP contribution in [0.4, 0.5) is 0 Å². The van der Waals surface area contributed by atoms with E-state index in [0.717, 1.165) is 37.4 Å². The smallest absolute Gasteiger partial charge is 0.337 e. The van der Waals surface area contributed by atoms with Gasteiger partial charge in [0.25, 0.3) is 0 Å². The minimum atomic E-state index is -0.612. The summed E-state index contributed by atoms with van der Waals surface area (Å²) in [5.74, 6) is -1.28. The molecular formula is C24H27NO6. The standard InChI is InChI=1S/C24H27NO6/c1-16-13-21(17(2)25(16)14-20-5-4-12-30-20)22(26)15-31-23(27)11-8-18-6-9-19(10-7-18)24(28)29-3/h6-11,13,20H,4-5,12,14-15H2,1-3H3/b11-8+. The summed E-state index contributed by atoms with van der Waals surface area (Å²) in [6.07, 6.45) is 5.07. The third-order valence-corrected chi connectivity index (χ3v) is 5.37. The number of benzene rings is 1. The Morgan fingerprint density at radius 3 is 2.58 bits per heavy atom. The molecule has 0 N–H and O–H groups in total. The van der Waals surface area contributed by atoms with Crippen molar-refractivity contribution >= 4 is 23.8 Å². The molecule has 31 heavy (non-hydrogen) atoms. The fourth-order valence-corrected chi connectivity index (χ4v) is 3.63. The van der Waals surface area contributed by atoms with Crippen LogP contribution < -0.4 is 0 Å². The largest absolute Gasteiger partial charge is 0.465 e. The maximum Gasteiger partial charge on any atom is 0.337 e. The predicted molar refractivity (Wildman–Crippen MR) is 115 cm³/mol. The number of nitrogens with zero attached hydrogens (tertiary/aromatic N) is 1. The summed E-state index contributed by atoms with van der Waals surface area (Å²) in [7, 11) is 1.31. The molecule has 1 fully saturated rings. The van der Waals surface area contributed by atoms with Gasteiger partial charge in [-0.1, -0.05) is 12.1 Å². The third-order valence-electron chi connectivity index (χ3n) is 5.37. The van der Waals surface area contributed by atoms with E-state index in [1.165, 1.54) is 13.2 Å². The number of carbonyl (C=O) groups excluding carboxylic acids is 3. The van der Waals surface area contributed by atoms with Gasteiger partial charge in [-0.15, -0.1) is 0 Å². The molecule has 1 saturated heterocycles. The number of hydrogen-bond donors (Lipinski definition) is 0. The number of ether oxygens (including phenoxy) is 3. The number of ketones is 1. The topological polar surface area (TPSA) is 83.8 Å². The first kappa shape index (κ1) is 22.5. The Morgan fingerprint density at radius 1 is 1.19 bits per heavy atom. The second kappa shape index (κ2) is 10.2. The van der Waals surface area contributed by atoms with Crippen LogP contribution in [0.5, 0.6) is 0 Å². The van der Waals surface area contributed by atoms with Crippen molar-refractivity contribution in [3.63, 3.8) is 0 Å². The van der Waals surface area contributed by atoms with Crippen LogP contribution in [-0.4, -0.2) is 48.7 Å². The van der Waals surface area contributed by atoms with E-state index in [4.69, 9.17) is 9.47 Å². The summed E-state index contributed by atoms with van der Waals surface area (Å²) in [4.78, 5) is 36.0. The van der Waals surface area contributed by atoms with Crippen molar-refractivity contribution in [2.75, 3.05) is 20.3 Å². The SMILES string of the molecule is COC(=O)c1ccc(/C=C/C(=O)OCC(=O)c2cc(C)n(CC3CCCO3)c2C)cc1. The molecule has 0 aliphatic carbocycles. The number of rotatable bonds is 8. The lowest BCUT2D eigenvalue weighted by atomic mass is 10.1. The van der Waals surface area contributed by atoms with Crippen LogP contribution in [0.3, 0.4) is 0 Å². The number of esters is 2. The van der Waals surface area contributed by atoms with Gasteiger partial charge in [0.1, 0.15) is 0 Å². The van der Waals surface area contributed by atoms with Crippen molar-refractivity contribution in [1.82, 2.24) is 4.57 Å². The Bertz CT molecular complexity index is 980. The normalized spacial score (nSPS) is 15.9. The van der Waals surface area contributed by atoms with Crippen LogP contribution in [0.1, 0.15) is 50.5 Å². The molecule has 1 aromatic carbocycles. The van der Waals surface area contributed by atoms with Crippen LogP contribution >= 0.6 is 0 Å². The van der Waals surface area contributed by atoms with Crippen molar-refractivity contribution in [2.45, 2.75) is 39.3 Å². The van der Waals surface area contributed by atoms with Gasteiger partial charge in [0.05, 0.1) is 18.8 Å². The van der Waals surface area contributed by atoms with Crippen molar-refractivity contribution in [3.8, 4) is 0 Å². The summed E-state index contributed by atoms with van der Waals surface area (Å²) in [5, 5.41) is 0. The van der Waals surface area contributed by atoms with Gasteiger partial charge in [-0.25, -0.2) is 9.59 Å². The first-order valence-electron chi connectivity index (χ1n) is 10.2. The molecule has 0 bridgehead atoms. The van der Waals surface area contributed by atoms with Crippen LogP contribution in [-0.2, 0) is 25.5 Å². The van der Waals surface area contributed by atoms with Crippen molar-refractivity contribution in [1.29, 1.82) is 0 Å². The van der Waals surface area contributed by atoms with E-state index in [-0.39, 0.29) is 18.5 Å². The van der Waals surface area contributed by atoms with E-state index < -0.39 is 11.9 Å². The number of Topliss-reactive ketones (excluding diaryl/α,β-unsaturated/α-hetero) is 1. The Labute approximate surface area is 181 Å². The summed E-state index contributed by atoms with van der Waals surface area (Å²) >= 11 is 0. The molecule has 0 radical (unpaired) electrons. The lowest BCUT2D eigenvalue weighted by molar-refractivity contribution is -0.136. The van der Waals surface area contributed by atoms with Crippen molar-refractivity contribution < 1.29 is 28.6 Å². The molecule has 2 heterocycles. The summed E-state index contributed by atoms with van der Waals surface area (Å²) in [6, 6.07) is 8.41. The Kier molecular flexibility index (Phi) is 7.41. The molecule has 7 heteroatoms. The predicted octanol–water partition coefficient (Wildman–Crippen LogP) is 3.51. The number of aromatic nitrogens is 1. The van der Waals surface area contributed by atoms with Gasteiger partial charge in [0, 0.05) is 36.2 Å². The van der Waals surface area contributed by atoms with Crippen LogP contribution in [0, 0.1) is 13.8 Å². The molecule has 0 spiro atoms. The molecule has 1 unspecified atom stereocenters. The highest BCUT2D eigenvalue weighted by Gasteiger charge is 2.21. The van der Waals surface area contributed by atoms with Crippen LogP contribution in [0.15, 0.2) is 36.4 Å². The fraction of sp³-hybridized carbons (Fsp3) is 0.375. The van der Waals surface area contributed by atoms with E-state index in [2.05, 4.69) is 9.30 Å². The molecule has 0 saturated carbocycles. The van der Waals surface area contributed by atoms with Crippen molar-refractivity contribution in [2.24, 2.45) is 0 Å². The summed E-state index contributed by atoms with van der Waals surface area (Å²) < 4.78 is 17.5. The molecule has 1 aliphatic heterocycles. The highest BCUT2D eigenvalue weighted by atomic mass is 16.5. The fourth-order valence-electron chi connectivity index (χ4n) is 3.63. The number of methoxy groups -OCH3 is 1. The number of carbonyl (C=O) groups is 3. The molecule has 2 aromatic rings. The first-order chi connectivity index (χ1) is 14.9. The van der Waals surface area contributed by atoms with Gasteiger partial charge in [-0.3, -0.25) is 4.79 Å². The van der Waals surface area contributed by atoms with E-state index in [1.54, 1.807) is 30.3 Å². The second-order valence-corrected chi connectivity index (χ2v) is 7.51. The summed E-state index contributed by atoms with van der Waals surface area (Å²) in [6.45, 7) is 5.04. The third kappa shape index (κ3) is 5.70. The van der Waals surface area contributed by atoms with E-state index in [1.807, 2.05) is 19.9 Å². The molecule has 1 atom stereocenters. The number of hydrogen-bond acceptors (Lipinski definition) is 6. The van der Waals surface area contributed by atoms with Gasteiger partial charge in [0.2, 0.25) is 5.78 Å². The van der Waals surface area contributed by atoms with Crippen LogP contribution in [0.2, 0.25) is 0 Å². The van der Waals surface area contributed by atoms with Gasteiger partial charge in [-0.2, -0.15) is 0 Å². The highest BCUT2D eigenvalue weighted by molar-refractivity contribution is 6.00. The van der Waals surface area contributed by atoms with Gasteiger partial charge in [0.15, 0.2) is 6.61 Å². The van der Waals surface area contributed by atoms with E-state index in [0.29, 0.717) is 16.7 Å². The van der Waals surface area contributed by atoms with Crippen molar-refractivity contribution in [3.05, 3.63) is 64.5 Å². The Balaban J connectivity index is 1.54. The molecule has 3 rings (SSSR count). The molecule has 1 aliphatic rings. The number of aryl methyl sites for hydroxylation is 1. The minimum absolute atomic E-state index is 0.178. The highest BCUT2D eigenvalue weighted by Crippen LogP contribution is 2.20. The summed E-state index contributed by atoms with van der Waals surface area (Å²) in [5.41, 5.74) is 3.54. The zero-order chi connectivity index (χ0) is 22.4. The maximum absolute atomic E-state index is 12.6. The zero-order valence-corrected chi connectivity index (χ0v) is 18.1. The quantitative estimate of drug-likeness (QED) is 0.366. The monoisotopic (exact) mass is 425 g/mol. The first-order valence-corrected chi connectivity index (χ1v) is 10.2. The molecule has 164 valence electrons.